The fourth-order valence-electron chi connectivity index (χ4n) is 4.19. The van der Waals surface area contributed by atoms with Gasteiger partial charge in [0.1, 0.15) is 0 Å². The van der Waals surface area contributed by atoms with Crippen LogP contribution in [0.25, 0.3) is 0 Å². The summed E-state index contributed by atoms with van der Waals surface area (Å²) in [6, 6.07) is 0. The number of hydrogen-bond acceptors (Lipinski definition) is 3. The van der Waals surface area contributed by atoms with Crippen molar-refractivity contribution < 1.29 is 15.0 Å². The summed E-state index contributed by atoms with van der Waals surface area (Å²) < 4.78 is 0. The molecule has 154 valence electrons. The molecule has 0 heterocycles. The number of Topliss-reactive ketones (excluding diaryl/α,β-unsaturated/α-hetero) is 1. The summed E-state index contributed by atoms with van der Waals surface area (Å²) in [6.07, 6.45) is 15.5. The Hall–Kier alpha value is -1.87. The third-order valence-electron chi connectivity index (χ3n) is 6.30. The summed E-state index contributed by atoms with van der Waals surface area (Å²) >= 11 is 0. The van der Waals surface area contributed by atoms with E-state index < -0.39 is 5.41 Å². The molecule has 0 fully saturated rings. The average Bonchev–Trinajstić information content (AvgIpc) is 2.84. The van der Waals surface area contributed by atoms with Crippen LogP contribution in [0.4, 0.5) is 0 Å². The van der Waals surface area contributed by atoms with Crippen LogP contribution in [-0.4, -0.2) is 22.6 Å². The fourth-order valence-corrected chi connectivity index (χ4v) is 4.19. The van der Waals surface area contributed by atoms with Crippen molar-refractivity contribution in [3.63, 3.8) is 0 Å². The van der Waals surface area contributed by atoms with Gasteiger partial charge < -0.3 is 10.2 Å². The molecule has 0 aromatic heterocycles. The molecule has 0 amide bonds. The van der Waals surface area contributed by atoms with Crippen molar-refractivity contribution in [3.05, 3.63) is 58.4 Å². The van der Waals surface area contributed by atoms with Crippen LogP contribution in [0.2, 0.25) is 0 Å². The van der Waals surface area contributed by atoms with Crippen LogP contribution in [0.3, 0.4) is 0 Å². The van der Waals surface area contributed by atoms with Gasteiger partial charge in [0.25, 0.3) is 0 Å². The smallest absolute Gasteiger partial charge is 0.204 e. The Morgan fingerprint density at radius 3 is 2.36 bits per heavy atom. The van der Waals surface area contributed by atoms with Gasteiger partial charge in [0, 0.05) is 23.9 Å². The summed E-state index contributed by atoms with van der Waals surface area (Å²) in [5.41, 5.74) is 3.81. The molecule has 3 atom stereocenters. The van der Waals surface area contributed by atoms with Gasteiger partial charge in [0.2, 0.25) is 5.78 Å². The number of fused-ring (bicyclic) bond motifs is 1. The molecule has 0 radical (unpaired) electrons. The zero-order valence-electron chi connectivity index (χ0n) is 18.1. The van der Waals surface area contributed by atoms with Crippen LogP contribution in [-0.2, 0) is 4.79 Å². The summed E-state index contributed by atoms with van der Waals surface area (Å²) in [7, 11) is 0. The minimum absolute atomic E-state index is 0.0816. The van der Waals surface area contributed by atoms with Gasteiger partial charge in [-0.2, -0.15) is 0 Å². The first kappa shape index (κ1) is 22.4. The maximum atomic E-state index is 13.0. The molecule has 0 spiro atoms. The van der Waals surface area contributed by atoms with Crippen molar-refractivity contribution in [1.82, 2.24) is 0 Å². The molecule has 2 N–H and O–H groups in total. The second-order valence-electron chi connectivity index (χ2n) is 8.80. The number of rotatable bonds is 2. The van der Waals surface area contributed by atoms with Crippen molar-refractivity contribution in [2.45, 2.75) is 66.7 Å². The quantitative estimate of drug-likeness (QED) is 0.575. The van der Waals surface area contributed by atoms with Gasteiger partial charge in [-0.3, -0.25) is 4.79 Å². The van der Waals surface area contributed by atoms with E-state index in [1.807, 2.05) is 13.8 Å². The molecule has 0 aromatic carbocycles. The first-order chi connectivity index (χ1) is 13.2. The lowest BCUT2D eigenvalue weighted by atomic mass is 9.71. The second-order valence-corrected chi connectivity index (χ2v) is 8.80. The van der Waals surface area contributed by atoms with E-state index in [9.17, 15) is 15.0 Å². The van der Waals surface area contributed by atoms with Gasteiger partial charge in [-0.15, -0.1) is 0 Å². The number of ketones is 1. The third-order valence-corrected chi connectivity index (χ3v) is 6.30. The van der Waals surface area contributed by atoms with Crippen LogP contribution in [0.5, 0.6) is 0 Å². The van der Waals surface area contributed by atoms with E-state index in [-0.39, 0.29) is 30.0 Å². The maximum Gasteiger partial charge on any atom is 0.204 e. The molecule has 2 rings (SSSR count). The van der Waals surface area contributed by atoms with E-state index in [2.05, 4.69) is 51.2 Å². The molecule has 0 saturated heterocycles. The lowest BCUT2D eigenvalue weighted by Crippen LogP contribution is -2.31. The Balaban J connectivity index is 2.48. The zero-order valence-corrected chi connectivity index (χ0v) is 18.1. The molecule has 2 aliphatic rings. The number of carbonyl (C=O) groups is 1. The topological polar surface area (TPSA) is 57.5 Å². The van der Waals surface area contributed by atoms with Gasteiger partial charge >= 0.3 is 0 Å². The number of carbonyl (C=O) groups excluding carboxylic acids is 1. The lowest BCUT2D eigenvalue weighted by molar-refractivity contribution is -0.126. The van der Waals surface area contributed by atoms with Crippen LogP contribution in [0.15, 0.2) is 58.4 Å². The second kappa shape index (κ2) is 9.56. The first-order valence-corrected chi connectivity index (χ1v) is 10.5. The Labute approximate surface area is 170 Å². The fraction of sp³-hybridized carbons (Fsp3) is 0.560. The van der Waals surface area contributed by atoms with E-state index in [4.69, 9.17) is 0 Å². The first-order valence-electron chi connectivity index (χ1n) is 10.5. The van der Waals surface area contributed by atoms with Gasteiger partial charge in [-0.05, 0) is 58.4 Å². The van der Waals surface area contributed by atoms with E-state index in [1.54, 1.807) is 0 Å². The number of hydrogen-bond donors (Lipinski definition) is 2. The molecule has 2 aliphatic carbocycles. The lowest BCUT2D eigenvalue weighted by Gasteiger charge is -2.30. The third kappa shape index (κ3) is 4.94. The Morgan fingerprint density at radius 2 is 1.71 bits per heavy atom. The predicted octanol–water partition coefficient (Wildman–Crippen LogP) is 5.99. The highest BCUT2D eigenvalue weighted by Crippen LogP contribution is 2.49. The summed E-state index contributed by atoms with van der Waals surface area (Å²) in [4.78, 5) is 13.0. The van der Waals surface area contributed by atoms with Crippen LogP contribution < -0.4 is 0 Å². The Morgan fingerprint density at radius 1 is 1.11 bits per heavy atom. The highest BCUT2D eigenvalue weighted by molar-refractivity contribution is 6.02. The number of aliphatic hydroxyl groups is 2. The standard InChI is InChI=1S/C25H36O3/c1-17-8-6-10-18(2)12-13-21-22(20(4)16-26)23(27)24(28)25(21,5)15-14-19(3)11-7-9-17/h9-10,12-14,20-21,26-27H,6-8,11,15-16H2,1-5H3/b13-12+,17-9+,18-10-,19-14+/t20-,21-,25+/m1/s1. The minimum Gasteiger partial charge on any atom is -0.504 e. The zero-order chi connectivity index (χ0) is 20.9. The highest BCUT2D eigenvalue weighted by atomic mass is 16.3. The summed E-state index contributed by atoms with van der Waals surface area (Å²) in [5, 5.41) is 20.3. The van der Waals surface area contributed by atoms with E-state index >= 15 is 0 Å². The number of allylic oxidation sites excluding steroid dienone is 9. The molecule has 0 saturated carbocycles. The van der Waals surface area contributed by atoms with E-state index in [1.165, 1.54) is 11.1 Å². The molecular weight excluding hydrogens is 348 g/mol. The molecule has 3 nitrogen and oxygen atoms in total. The average molecular weight is 385 g/mol. The highest BCUT2D eigenvalue weighted by Gasteiger charge is 2.50. The van der Waals surface area contributed by atoms with Crippen molar-refractivity contribution in [3.8, 4) is 0 Å². The minimum atomic E-state index is -0.715. The molecule has 3 heteroatoms. The van der Waals surface area contributed by atoms with Gasteiger partial charge in [-0.1, -0.05) is 60.9 Å². The molecule has 0 bridgehead atoms. The SMILES string of the molecule is CC1=C/CC/C(C)=C/CC/C(C)=C/C[C@]2(C)C(=O)C(O)=C([C@H](C)CO)[C@H]2\C=C\1. The summed E-state index contributed by atoms with van der Waals surface area (Å²) in [6.45, 7) is 10.1. The van der Waals surface area contributed by atoms with Crippen molar-refractivity contribution in [1.29, 1.82) is 0 Å². The van der Waals surface area contributed by atoms with E-state index in [0.717, 1.165) is 31.3 Å². The Bertz CT molecular complexity index is 748. The van der Waals surface area contributed by atoms with Crippen LogP contribution in [0.1, 0.15) is 66.7 Å². The van der Waals surface area contributed by atoms with Gasteiger partial charge in [0.05, 0.1) is 0 Å². The molecule has 0 unspecified atom stereocenters. The predicted molar refractivity (Wildman–Crippen MR) is 116 cm³/mol. The van der Waals surface area contributed by atoms with Gasteiger partial charge in [0.15, 0.2) is 5.76 Å². The van der Waals surface area contributed by atoms with Crippen LogP contribution >= 0.6 is 0 Å². The van der Waals surface area contributed by atoms with Crippen LogP contribution in [0, 0.1) is 17.3 Å². The maximum absolute atomic E-state index is 13.0. The monoisotopic (exact) mass is 384 g/mol. The molecule has 0 aromatic rings. The molecule has 0 aliphatic heterocycles. The van der Waals surface area contributed by atoms with E-state index in [0.29, 0.717) is 12.0 Å². The van der Waals surface area contributed by atoms with Crippen molar-refractivity contribution >= 4 is 5.78 Å². The largest absolute Gasteiger partial charge is 0.504 e. The molecule has 28 heavy (non-hydrogen) atoms. The normalized spacial score (nSPS) is 35.4. The Kier molecular flexibility index (Phi) is 7.65. The molecular formula is C25H36O3. The number of aliphatic hydroxyl groups excluding tert-OH is 2. The van der Waals surface area contributed by atoms with Crippen molar-refractivity contribution in [2.24, 2.45) is 17.3 Å². The van der Waals surface area contributed by atoms with Gasteiger partial charge in [-0.25, -0.2) is 0 Å². The van der Waals surface area contributed by atoms with Crippen molar-refractivity contribution in [2.75, 3.05) is 6.61 Å². The summed E-state index contributed by atoms with van der Waals surface area (Å²) in [5.74, 6) is -0.808.